The van der Waals surface area contributed by atoms with Crippen LogP contribution in [0.15, 0.2) is 12.4 Å². The minimum atomic E-state index is 0.543. The van der Waals surface area contributed by atoms with E-state index in [2.05, 4.69) is 55.3 Å². The summed E-state index contributed by atoms with van der Waals surface area (Å²) in [6.07, 6.45) is 8.79. The van der Waals surface area contributed by atoms with E-state index in [4.69, 9.17) is 0 Å². The Labute approximate surface area is 149 Å². The fourth-order valence-electron chi connectivity index (χ4n) is 3.84. The molecule has 2 aromatic heterocycles. The highest BCUT2D eigenvalue weighted by molar-refractivity contribution is 5.09. The molecular weight excluding hydrogens is 314 g/mol. The van der Waals surface area contributed by atoms with Gasteiger partial charge in [-0.25, -0.2) is 4.98 Å². The molecule has 7 nitrogen and oxygen atoms in total. The molecule has 1 saturated carbocycles. The summed E-state index contributed by atoms with van der Waals surface area (Å²) in [6.45, 7) is 4.04. The minimum absolute atomic E-state index is 0.543. The van der Waals surface area contributed by atoms with Crippen molar-refractivity contribution >= 4 is 0 Å². The maximum absolute atomic E-state index is 4.62. The number of imidazole rings is 1. The third-order valence-electron chi connectivity index (χ3n) is 5.40. The number of hydrogen-bond acceptors (Lipinski definition) is 5. The third kappa shape index (κ3) is 3.62. The van der Waals surface area contributed by atoms with Gasteiger partial charge in [-0.1, -0.05) is 0 Å². The van der Waals surface area contributed by atoms with E-state index in [9.17, 15) is 0 Å². The molecule has 7 heteroatoms. The molecule has 0 unspecified atom stereocenters. The zero-order valence-electron chi connectivity index (χ0n) is 15.6. The van der Waals surface area contributed by atoms with Gasteiger partial charge in [0.05, 0.1) is 13.1 Å². The SMILES string of the molecule is CN(C)Cc1nnc(C2CCN(Cc3nccn3C)CC2)n1C1CC1. The molecule has 3 heterocycles. The van der Waals surface area contributed by atoms with Crippen molar-refractivity contribution in [2.45, 2.75) is 50.7 Å². The van der Waals surface area contributed by atoms with E-state index in [1.807, 2.05) is 12.4 Å². The van der Waals surface area contributed by atoms with Gasteiger partial charge in [-0.2, -0.15) is 0 Å². The quantitative estimate of drug-likeness (QED) is 0.800. The summed E-state index contributed by atoms with van der Waals surface area (Å²) >= 11 is 0. The standard InChI is InChI=1S/C18H29N7/c1-22(2)12-17-20-21-18(25(17)15-4-5-15)14-6-9-24(10-7-14)13-16-19-8-11-23(16)3/h8,11,14-15H,4-7,9-10,12-13H2,1-3H3. The fraction of sp³-hybridized carbons (Fsp3) is 0.722. The highest BCUT2D eigenvalue weighted by Crippen LogP contribution is 2.40. The molecule has 25 heavy (non-hydrogen) atoms. The average Bonchev–Trinajstić information content (AvgIpc) is 3.23. The number of nitrogens with zero attached hydrogens (tertiary/aromatic N) is 7. The molecule has 0 atom stereocenters. The second-order valence-corrected chi connectivity index (χ2v) is 7.82. The van der Waals surface area contributed by atoms with Crippen LogP contribution in [0.25, 0.3) is 0 Å². The number of hydrogen-bond donors (Lipinski definition) is 0. The fourth-order valence-corrected chi connectivity index (χ4v) is 3.84. The summed E-state index contributed by atoms with van der Waals surface area (Å²) in [5.41, 5.74) is 0. The lowest BCUT2D eigenvalue weighted by atomic mass is 9.95. The Kier molecular flexibility index (Phi) is 4.60. The van der Waals surface area contributed by atoms with Crippen LogP contribution in [0.4, 0.5) is 0 Å². The summed E-state index contributed by atoms with van der Waals surface area (Å²) in [7, 11) is 6.27. The molecule has 136 valence electrons. The first kappa shape index (κ1) is 16.7. The van der Waals surface area contributed by atoms with Crippen LogP contribution < -0.4 is 0 Å². The van der Waals surface area contributed by atoms with Gasteiger partial charge in [0, 0.05) is 31.4 Å². The molecule has 4 rings (SSSR count). The highest BCUT2D eigenvalue weighted by atomic mass is 15.3. The van der Waals surface area contributed by atoms with E-state index in [0.29, 0.717) is 12.0 Å². The maximum atomic E-state index is 4.62. The number of aryl methyl sites for hydroxylation is 1. The zero-order valence-corrected chi connectivity index (χ0v) is 15.6. The first-order valence-electron chi connectivity index (χ1n) is 9.38. The van der Waals surface area contributed by atoms with E-state index < -0.39 is 0 Å². The van der Waals surface area contributed by atoms with Crippen LogP contribution in [0.5, 0.6) is 0 Å². The monoisotopic (exact) mass is 343 g/mol. The lowest BCUT2D eigenvalue weighted by Gasteiger charge is -2.31. The third-order valence-corrected chi connectivity index (χ3v) is 5.40. The van der Waals surface area contributed by atoms with Crippen LogP contribution in [0.2, 0.25) is 0 Å². The van der Waals surface area contributed by atoms with Gasteiger partial charge in [0.15, 0.2) is 0 Å². The van der Waals surface area contributed by atoms with Gasteiger partial charge < -0.3 is 14.0 Å². The van der Waals surface area contributed by atoms with Gasteiger partial charge in [0.2, 0.25) is 0 Å². The first-order chi connectivity index (χ1) is 12.1. The van der Waals surface area contributed by atoms with E-state index in [1.54, 1.807) is 0 Å². The van der Waals surface area contributed by atoms with Crippen molar-refractivity contribution in [3.63, 3.8) is 0 Å². The second-order valence-electron chi connectivity index (χ2n) is 7.82. The number of piperidine rings is 1. The molecule has 0 aromatic carbocycles. The van der Waals surface area contributed by atoms with Gasteiger partial charge in [-0.15, -0.1) is 10.2 Å². The molecule has 2 aliphatic rings. The molecule has 0 spiro atoms. The van der Waals surface area contributed by atoms with Gasteiger partial charge in [0.1, 0.15) is 17.5 Å². The highest BCUT2D eigenvalue weighted by Gasteiger charge is 2.33. The van der Waals surface area contributed by atoms with E-state index in [1.165, 1.54) is 18.7 Å². The second kappa shape index (κ2) is 6.88. The Balaban J connectivity index is 1.42. The van der Waals surface area contributed by atoms with Crippen LogP contribution in [0.3, 0.4) is 0 Å². The lowest BCUT2D eigenvalue weighted by Crippen LogP contribution is -2.34. The number of likely N-dealkylation sites (tertiary alicyclic amines) is 1. The normalized spacial score (nSPS) is 19.8. The van der Waals surface area contributed by atoms with Crippen molar-refractivity contribution in [1.29, 1.82) is 0 Å². The van der Waals surface area contributed by atoms with Crippen molar-refractivity contribution in [2.75, 3.05) is 27.2 Å². The van der Waals surface area contributed by atoms with Crippen molar-refractivity contribution in [3.05, 3.63) is 29.9 Å². The molecular formula is C18H29N7. The van der Waals surface area contributed by atoms with Gasteiger partial charge in [-0.05, 0) is 52.9 Å². The van der Waals surface area contributed by atoms with Crippen molar-refractivity contribution in [1.82, 2.24) is 34.1 Å². The summed E-state index contributed by atoms with van der Waals surface area (Å²) < 4.78 is 4.57. The van der Waals surface area contributed by atoms with Gasteiger partial charge >= 0.3 is 0 Å². The minimum Gasteiger partial charge on any atom is -0.337 e. The van der Waals surface area contributed by atoms with Gasteiger partial charge in [0.25, 0.3) is 0 Å². The van der Waals surface area contributed by atoms with Crippen LogP contribution in [0, 0.1) is 0 Å². The largest absolute Gasteiger partial charge is 0.337 e. The summed E-state index contributed by atoms with van der Waals surface area (Å²) in [5, 5.41) is 9.15. The predicted octanol–water partition coefficient (Wildman–Crippen LogP) is 1.79. The van der Waals surface area contributed by atoms with Crippen LogP contribution >= 0.6 is 0 Å². The zero-order chi connectivity index (χ0) is 17.4. The van der Waals surface area contributed by atoms with Crippen LogP contribution in [-0.2, 0) is 20.1 Å². The van der Waals surface area contributed by atoms with Crippen molar-refractivity contribution in [3.8, 4) is 0 Å². The molecule has 0 N–H and O–H groups in total. The Hall–Kier alpha value is -1.73. The Morgan fingerprint density at radius 1 is 1.08 bits per heavy atom. The van der Waals surface area contributed by atoms with Gasteiger partial charge in [-0.3, -0.25) is 4.90 Å². The Bertz CT molecular complexity index is 705. The average molecular weight is 343 g/mol. The molecule has 0 radical (unpaired) electrons. The molecule has 1 aliphatic heterocycles. The lowest BCUT2D eigenvalue weighted by molar-refractivity contribution is 0.194. The predicted molar refractivity (Wildman–Crippen MR) is 96.1 cm³/mol. The van der Waals surface area contributed by atoms with Crippen LogP contribution in [0.1, 0.15) is 55.1 Å². The smallest absolute Gasteiger partial charge is 0.147 e. The van der Waals surface area contributed by atoms with Crippen molar-refractivity contribution in [2.24, 2.45) is 7.05 Å². The molecule has 2 fully saturated rings. The first-order valence-corrected chi connectivity index (χ1v) is 9.38. The molecule has 1 aliphatic carbocycles. The molecule has 0 bridgehead atoms. The Morgan fingerprint density at radius 3 is 2.44 bits per heavy atom. The topological polar surface area (TPSA) is 55.0 Å². The van der Waals surface area contributed by atoms with Crippen LogP contribution in [-0.4, -0.2) is 61.3 Å². The number of aromatic nitrogens is 5. The molecule has 2 aromatic rings. The summed E-state index contributed by atoms with van der Waals surface area (Å²) in [6, 6.07) is 0.644. The summed E-state index contributed by atoms with van der Waals surface area (Å²) in [5.74, 6) is 4.06. The van der Waals surface area contributed by atoms with Crippen molar-refractivity contribution < 1.29 is 0 Å². The number of rotatable bonds is 6. The molecule has 1 saturated heterocycles. The van der Waals surface area contributed by atoms with E-state index in [0.717, 1.165) is 50.7 Å². The summed E-state index contributed by atoms with van der Waals surface area (Å²) in [4.78, 5) is 9.15. The maximum Gasteiger partial charge on any atom is 0.147 e. The Morgan fingerprint density at radius 2 is 1.84 bits per heavy atom. The molecule has 0 amide bonds. The van der Waals surface area contributed by atoms with E-state index >= 15 is 0 Å². The van der Waals surface area contributed by atoms with E-state index in [-0.39, 0.29) is 0 Å².